The lowest BCUT2D eigenvalue weighted by Gasteiger charge is -2.08. The average Bonchev–Trinajstić information content (AvgIpc) is 2.28. The summed E-state index contributed by atoms with van der Waals surface area (Å²) in [7, 11) is 1.47. The molecule has 0 atom stereocenters. The fourth-order valence-electron chi connectivity index (χ4n) is 1.16. The van der Waals surface area contributed by atoms with Crippen LogP contribution in [0.25, 0.3) is 0 Å². The Morgan fingerprint density at radius 3 is 2.71 bits per heavy atom. The quantitative estimate of drug-likeness (QED) is 0.458. The highest BCUT2D eigenvalue weighted by Crippen LogP contribution is 2.24. The maximum Gasteiger partial charge on any atom is 0.339 e. The molecular formula is C10H11NO6. The summed E-state index contributed by atoms with van der Waals surface area (Å²) in [6, 6.07) is 3.34. The molecule has 7 heteroatoms. The Balaban J connectivity index is 2.98. The van der Waals surface area contributed by atoms with Crippen LogP contribution < -0.4 is 4.74 Å². The van der Waals surface area contributed by atoms with E-state index >= 15 is 0 Å². The monoisotopic (exact) mass is 241 g/mol. The van der Waals surface area contributed by atoms with Gasteiger partial charge >= 0.3 is 5.97 Å². The molecule has 0 unspecified atom stereocenters. The number of nitro benzene ring substituents is 1. The third-order valence-electron chi connectivity index (χ3n) is 1.95. The second-order valence-electron chi connectivity index (χ2n) is 3.08. The fourth-order valence-corrected chi connectivity index (χ4v) is 1.16. The Morgan fingerprint density at radius 1 is 1.47 bits per heavy atom. The minimum absolute atomic E-state index is 0.0382. The van der Waals surface area contributed by atoms with Crippen molar-refractivity contribution in [2.24, 2.45) is 0 Å². The number of nitro groups is 1. The molecule has 0 heterocycles. The number of nitrogens with zero attached hydrogens (tertiary/aromatic N) is 1. The van der Waals surface area contributed by atoms with E-state index in [1.807, 2.05) is 0 Å². The van der Waals surface area contributed by atoms with Gasteiger partial charge in [-0.25, -0.2) is 4.79 Å². The molecule has 0 bridgehead atoms. The molecule has 1 rings (SSSR count). The van der Waals surface area contributed by atoms with Crippen molar-refractivity contribution in [3.63, 3.8) is 0 Å². The molecule has 0 saturated carbocycles. The number of benzene rings is 1. The van der Waals surface area contributed by atoms with Crippen molar-refractivity contribution in [3.8, 4) is 5.75 Å². The molecule has 0 radical (unpaired) electrons. The molecule has 17 heavy (non-hydrogen) atoms. The molecule has 7 nitrogen and oxygen atoms in total. The molecule has 92 valence electrons. The van der Waals surface area contributed by atoms with Gasteiger partial charge in [0.05, 0.1) is 17.6 Å². The van der Waals surface area contributed by atoms with Gasteiger partial charge < -0.3 is 14.6 Å². The second-order valence-corrected chi connectivity index (χ2v) is 3.08. The van der Waals surface area contributed by atoms with Gasteiger partial charge in [0.15, 0.2) is 0 Å². The smallest absolute Gasteiger partial charge is 0.339 e. The van der Waals surface area contributed by atoms with Crippen LogP contribution in [0, 0.1) is 10.1 Å². The maximum absolute atomic E-state index is 10.9. The maximum atomic E-state index is 10.9. The van der Waals surface area contributed by atoms with Crippen LogP contribution in [0.1, 0.15) is 10.4 Å². The Kier molecular flexibility index (Phi) is 4.41. The molecule has 0 amide bonds. The first-order chi connectivity index (χ1) is 8.06. The normalized spacial score (nSPS) is 9.94. The van der Waals surface area contributed by atoms with E-state index in [4.69, 9.17) is 14.6 Å². The van der Waals surface area contributed by atoms with Gasteiger partial charge in [0.2, 0.25) is 0 Å². The molecule has 0 fully saturated rings. The second kappa shape index (κ2) is 5.80. The first kappa shape index (κ1) is 12.9. The summed E-state index contributed by atoms with van der Waals surface area (Å²) >= 11 is 0. The van der Waals surface area contributed by atoms with E-state index in [1.54, 1.807) is 0 Å². The lowest BCUT2D eigenvalue weighted by Crippen LogP contribution is -2.08. The molecule has 1 aromatic rings. The molecule has 1 aromatic carbocycles. The molecule has 0 saturated heterocycles. The minimum Gasteiger partial charge on any atom is -0.490 e. The van der Waals surface area contributed by atoms with Crippen LogP contribution in [-0.4, -0.2) is 36.3 Å². The van der Waals surface area contributed by atoms with Crippen LogP contribution >= 0.6 is 0 Å². The number of aromatic carboxylic acids is 1. The van der Waals surface area contributed by atoms with Gasteiger partial charge in [-0.05, 0) is 6.07 Å². The SMILES string of the molecule is COCCOc1cc([N+](=O)[O-])ccc1C(=O)O. The van der Waals surface area contributed by atoms with Gasteiger partial charge in [-0.15, -0.1) is 0 Å². The first-order valence-electron chi connectivity index (χ1n) is 4.69. The summed E-state index contributed by atoms with van der Waals surface area (Å²) in [5, 5.41) is 19.4. The van der Waals surface area contributed by atoms with Crippen LogP contribution in [-0.2, 0) is 4.74 Å². The summed E-state index contributed by atoms with van der Waals surface area (Å²) in [6.07, 6.45) is 0. The van der Waals surface area contributed by atoms with Gasteiger partial charge in [0.25, 0.3) is 5.69 Å². The van der Waals surface area contributed by atoms with E-state index in [9.17, 15) is 14.9 Å². The number of non-ortho nitro benzene ring substituents is 1. The third-order valence-corrected chi connectivity index (χ3v) is 1.95. The summed E-state index contributed by atoms with van der Waals surface area (Å²) in [5.41, 5.74) is -0.339. The van der Waals surface area contributed by atoms with E-state index in [2.05, 4.69) is 0 Å². The van der Waals surface area contributed by atoms with Crippen molar-refractivity contribution in [1.82, 2.24) is 0 Å². The van der Waals surface area contributed by atoms with E-state index in [0.29, 0.717) is 0 Å². The number of methoxy groups -OCH3 is 1. The lowest BCUT2D eigenvalue weighted by atomic mass is 10.2. The number of rotatable bonds is 6. The Labute approximate surface area is 96.7 Å². The van der Waals surface area contributed by atoms with Crippen molar-refractivity contribution in [3.05, 3.63) is 33.9 Å². The van der Waals surface area contributed by atoms with Crippen LogP contribution in [0.3, 0.4) is 0 Å². The molecule has 1 N–H and O–H groups in total. The topological polar surface area (TPSA) is 98.9 Å². The van der Waals surface area contributed by atoms with Gasteiger partial charge in [-0.3, -0.25) is 10.1 Å². The van der Waals surface area contributed by atoms with Crippen molar-refractivity contribution in [2.75, 3.05) is 20.3 Å². The fraction of sp³-hybridized carbons (Fsp3) is 0.300. The number of carboxylic acid groups (broad SMARTS) is 1. The average molecular weight is 241 g/mol. The lowest BCUT2D eigenvalue weighted by molar-refractivity contribution is -0.384. The molecule has 0 aliphatic heterocycles. The van der Waals surface area contributed by atoms with E-state index in [1.165, 1.54) is 7.11 Å². The Bertz CT molecular complexity index is 431. The minimum atomic E-state index is -1.20. The predicted octanol–water partition coefficient (Wildman–Crippen LogP) is 1.32. The highest BCUT2D eigenvalue weighted by Gasteiger charge is 2.16. The molecule has 0 spiro atoms. The van der Waals surface area contributed by atoms with Crippen LogP contribution in [0.2, 0.25) is 0 Å². The van der Waals surface area contributed by atoms with Gasteiger partial charge in [-0.2, -0.15) is 0 Å². The van der Waals surface area contributed by atoms with Gasteiger partial charge in [0, 0.05) is 13.2 Å². The molecule has 0 aromatic heterocycles. The van der Waals surface area contributed by atoms with E-state index in [0.717, 1.165) is 18.2 Å². The van der Waals surface area contributed by atoms with Crippen molar-refractivity contribution in [2.45, 2.75) is 0 Å². The standard InChI is InChI=1S/C10H11NO6/c1-16-4-5-17-9-6-7(11(14)15)2-3-8(9)10(12)13/h2-3,6H,4-5H2,1H3,(H,12,13). The highest BCUT2D eigenvalue weighted by atomic mass is 16.6. The number of ether oxygens (including phenoxy) is 2. The van der Waals surface area contributed by atoms with E-state index < -0.39 is 10.9 Å². The van der Waals surface area contributed by atoms with Gasteiger partial charge in [0.1, 0.15) is 17.9 Å². The number of carboxylic acids is 1. The zero-order valence-corrected chi connectivity index (χ0v) is 9.08. The summed E-state index contributed by atoms with van der Waals surface area (Å²) < 4.78 is 9.85. The number of hydrogen-bond donors (Lipinski definition) is 1. The molecule has 0 aliphatic rings. The van der Waals surface area contributed by atoms with Crippen LogP contribution in [0.5, 0.6) is 5.75 Å². The molecular weight excluding hydrogens is 230 g/mol. The number of carbonyl (C=O) groups is 1. The molecule has 0 aliphatic carbocycles. The first-order valence-corrected chi connectivity index (χ1v) is 4.69. The van der Waals surface area contributed by atoms with Crippen LogP contribution in [0.15, 0.2) is 18.2 Å². The highest BCUT2D eigenvalue weighted by molar-refractivity contribution is 5.91. The Hall–Kier alpha value is -2.15. The summed E-state index contributed by atoms with van der Waals surface area (Å²) in [5.74, 6) is -1.24. The van der Waals surface area contributed by atoms with E-state index in [-0.39, 0.29) is 30.2 Å². The predicted molar refractivity (Wildman–Crippen MR) is 57.4 cm³/mol. The Morgan fingerprint density at radius 2 is 2.18 bits per heavy atom. The van der Waals surface area contributed by atoms with Crippen LogP contribution in [0.4, 0.5) is 5.69 Å². The summed E-state index contributed by atoms with van der Waals surface area (Å²) in [6.45, 7) is 0.389. The van der Waals surface area contributed by atoms with Crippen molar-refractivity contribution in [1.29, 1.82) is 0 Å². The number of hydrogen-bond acceptors (Lipinski definition) is 5. The zero-order valence-electron chi connectivity index (χ0n) is 9.08. The van der Waals surface area contributed by atoms with Gasteiger partial charge in [-0.1, -0.05) is 0 Å². The largest absolute Gasteiger partial charge is 0.490 e. The third kappa shape index (κ3) is 3.42. The zero-order chi connectivity index (χ0) is 12.8. The van der Waals surface area contributed by atoms with Crippen molar-refractivity contribution < 1.29 is 24.3 Å². The summed E-state index contributed by atoms with van der Waals surface area (Å²) in [4.78, 5) is 20.8. The van der Waals surface area contributed by atoms with Crippen molar-refractivity contribution >= 4 is 11.7 Å².